The number of fused-ring (bicyclic) bond motifs is 1. The van der Waals surface area contributed by atoms with E-state index in [-0.39, 0.29) is 35.5 Å². The van der Waals surface area contributed by atoms with Crippen molar-refractivity contribution in [2.75, 3.05) is 10.2 Å². The molecule has 0 unspecified atom stereocenters. The second-order valence-corrected chi connectivity index (χ2v) is 8.09. The lowest BCUT2D eigenvalue weighted by atomic mass is 9.78. The van der Waals surface area contributed by atoms with Crippen molar-refractivity contribution in [3.63, 3.8) is 0 Å². The van der Waals surface area contributed by atoms with Gasteiger partial charge in [0.1, 0.15) is 0 Å². The molecule has 0 radical (unpaired) electrons. The van der Waals surface area contributed by atoms with E-state index < -0.39 is 0 Å². The van der Waals surface area contributed by atoms with E-state index in [1.165, 1.54) is 4.90 Å². The fourth-order valence-electron chi connectivity index (χ4n) is 3.92. The molecule has 1 heterocycles. The van der Waals surface area contributed by atoms with Gasteiger partial charge in [0.2, 0.25) is 11.8 Å². The molecule has 1 saturated heterocycles. The van der Waals surface area contributed by atoms with Gasteiger partial charge in [-0.2, -0.15) is 0 Å². The summed E-state index contributed by atoms with van der Waals surface area (Å²) in [5.41, 5.74) is 1.50. The highest BCUT2D eigenvalue weighted by atomic mass is 79.9. The first-order chi connectivity index (χ1) is 13.5. The first-order valence-electron chi connectivity index (χ1n) is 9.17. The number of carbonyl (C=O) groups excluding carboxylic acids is 3. The number of halogens is 1. The van der Waals surface area contributed by atoms with Crippen LogP contribution in [-0.2, 0) is 9.59 Å². The fourth-order valence-corrected chi connectivity index (χ4v) is 4.19. The fraction of sp³-hybridized carbons (Fsp3) is 0.227. The van der Waals surface area contributed by atoms with Crippen molar-refractivity contribution in [2.24, 2.45) is 17.8 Å². The average Bonchev–Trinajstić information content (AvgIpc) is 2.95. The van der Waals surface area contributed by atoms with Crippen LogP contribution in [0.1, 0.15) is 23.7 Å². The zero-order chi connectivity index (χ0) is 19.8. The molecule has 3 atom stereocenters. The van der Waals surface area contributed by atoms with Crippen LogP contribution in [0.2, 0.25) is 0 Å². The van der Waals surface area contributed by atoms with Crippen LogP contribution in [0.25, 0.3) is 0 Å². The predicted molar refractivity (Wildman–Crippen MR) is 111 cm³/mol. The first kappa shape index (κ1) is 18.6. The number of nitrogens with one attached hydrogen (secondary N) is 1. The molecule has 0 bridgehead atoms. The van der Waals surface area contributed by atoms with E-state index in [1.54, 1.807) is 36.4 Å². The number of rotatable bonds is 3. The SMILES string of the molecule is C[C@@H]1C=CC[C@@H]2C(=O)N(c3cccc(C(=O)Nc4ccc(Br)cc4)c3)C(=O)[C@H]12. The Bertz CT molecular complexity index is 984. The molecule has 4 rings (SSSR count). The lowest BCUT2D eigenvalue weighted by Gasteiger charge is -2.22. The van der Waals surface area contributed by atoms with E-state index in [0.717, 1.165) is 4.47 Å². The minimum Gasteiger partial charge on any atom is -0.322 e. The number of imide groups is 1. The summed E-state index contributed by atoms with van der Waals surface area (Å²) < 4.78 is 0.920. The standard InChI is InChI=1S/C22H19BrN2O3/c1-13-4-2-7-18-19(13)22(28)25(21(18)27)17-6-3-5-14(12-17)20(26)24-16-10-8-15(23)9-11-16/h2-6,8-13,18-19H,7H2,1H3,(H,24,26)/t13-,18+,19-/m1/s1. The summed E-state index contributed by atoms with van der Waals surface area (Å²) in [6.45, 7) is 1.96. The first-order valence-corrected chi connectivity index (χ1v) is 9.96. The van der Waals surface area contributed by atoms with E-state index in [0.29, 0.717) is 23.4 Å². The summed E-state index contributed by atoms with van der Waals surface area (Å²) in [4.78, 5) is 39.7. The molecule has 2 aliphatic rings. The van der Waals surface area contributed by atoms with E-state index in [9.17, 15) is 14.4 Å². The zero-order valence-electron chi connectivity index (χ0n) is 15.3. The van der Waals surface area contributed by atoms with Crippen LogP contribution in [0.3, 0.4) is 0 Å². The molecular weight excluding hydrogens is 420 g/mol. The van der Waals surface area contributed by atoms with Crippen LogP contribution in [-0.4, -0.2) is 17.7 Å². The monoisotopic (exact) mass is 438 g/mol. The van der Waals surface area contributed by atoms with Crippen molar-refractivity contribution in [2.45, 2.75) is 13.3 Å². The van der Waals surface area contributed by atoms with Crippen molar-refractivity contribution in [1.82, 2.24) is 0 Å². The Morgan fingerprint density at radius 1 is 1.11 bits per heavy atom. The summed E-state index contributed by atoms with van der Waals surface area (Å²) in [5.74, 6) is -1.26. The molecule has 28 heavy (non-hydrogen) atoms. The van der Waals surface area contributed by atoms with Gasteiger partial charge >= 0.3 is 0 Å². The molecule has 0 saturated carbocycles. The van der Waals surface area contributed by atoms with E-state index in [4.69, 9.17) is 0 Å². The van der Waals surface area contributed by atoms with Crippen LogP contribution in [0.15, 0.2) is 65.2 Å². The summed E-state index contributed by atoms with van der Waals surface area (Å²) >= 11 is 3.36. The highest BCUT2D eigenvalue weighted by molar-refractivity contribution is 9.10. The van der Waals surface area contributed by atoms with Crippen LogP contribution in [0, 0.1) is 17.8 Å². The number of amides is 3. The molecular formula is C22H19BrN2O3. The molecule has 0 aromatic heterocycles. The third kappa shape index (κ3) is 3.29. The Morgan fingerprint density at radius 2 is 1.86 bits per heavy atom. The number of nitrogens with zero attached hydrogens (tertiary/aromatic N) is 1. The lowest BCUT2D eigenvalue weighted by Crippen LogP contribution is -2.31. The molecule has 1 fully saturated rings. The second-order valence-electron chi connectivity index (χ2n) is 7.18. The minimum atomic E-state index is -0.322. The summed E-state index contributed by atoms with van der Waals surface area (Å²) in [6, 6.07) is 13.9. The van der Waals surface area contributed by atoms with E-state index in [1.807, 2.05) is 31.2 Å². The van der Waals surface area contributed by atoms with Crippen LogP contribution < -0.4 is 10.2 Å². The van der Waals surface area contributed by atoms with Gasteiger partial charge in [0.25, 0.3) is 5.91 Å². The van der Waals surface area contributed by atoms with Gasteiger partial charge in [0, 0.05) is 15.7 Å². The maximum Gasteiger partial charge on any atom is 0.255 e. The van der Waals surface area contributed by atoms with Gasteiger partial charge in [-0.15, -0.1) is 0 Å². The van der Waals surface area contributed by atoms with Gasteiger partial charge in [0.15, 0.2) is 0 Å². The maximum atomic E-state index is 12.9. The molecule has 2 aromatic carbocycles. The zero-order valence-corrected chi connectivity index (χ0v) is 16.8. The van der Waals surface area contributed by atoms with Gasteiger partial charge in [-0.1, -0.05) is 41.1 Å². The molecule has 1 aliphatic heterocycles. The minimum absolute atomic E-state index is 0.0316. The number of benzene rings is 2. The third-order valence-electron chi connectivity index (χ3n) is 5.34. The molecule has 1 N–H and O–H groups in total. The Kier molecular flexibility index (Phi) is 4.89. The smallest absolute Gasteiger partial charge is 0.255 e. The van der Waals surface area contributed by atoms with Gasteiger partial charge < -0.3 is 5.32 Å². The number of hydrogen-bond donors (Lipinski definition) is 1. The van der Waals surface area contributed by atoms with E-state index >= 15 is 0 Å². The Labute approximate surface area is 171 Å². The Morgan fingerprint density at radius 3 is 2.57 bits per heavy atom. The van der Waals surface area contributed by atoms with Crippen molar-refractivity contribution in [1.29, 1.82) is 0 Å². The number of carbonyl (C=O) groups is 3. The van der Waals surface area contributed by atoms with Crippen molar-refractivity contribution < 1.29 is 14.4 Å². The lowest BCUT2D eigenvalue weighted by molar-refractivity contribution is -0.122. The summed E-state index contributed by atoms with van der Waals surface area (Å²) in [6.07, 6.45) is 4.56. The highest BCUT2D eigenvalue weighted by Crippen LogP contribution is 2.40. The topological polar surface area (TPSA) is 66.5 Å². The maximum absolute atomic E-state index is 12.9. The highest BCUT2D eigenvalue weighted by Gasteiger charge is 2.50. The van der Waals surface area contributed by atoms with Crippen molar-refractivity contribution in [3.05, 3.63) is 70.7 Å². The normalized spacial score (nSPS) is 23.6. The second kappa shape index (κ2) is 7.36. The molecule has 142 valence electrons. The quantitative estimate of drug-likeness (QED) is 0.570. The molecule has 0 spiro atoms. The Hall–Kier alpha value is -2.73. The molecule has 1 aliphatic carbocycles. The molecule has 3 amide bonds. The van der Waals surface area contributed by atoms with Gasteiger partial charge in [-0.05, 0) is 54.8 Å². The third-order valence-corrected chi connectivity index (χ3v) is 5.87. The molecule has 6 heteroatoms. The predicted octanol–water partition coefficient (Wildman–Crippen LogP) is 4.40. The Balaban J connectivity index is 1.58. The number of anilines is 2. The van der Waals surface area contributed by atoms with Gasteiger partial charge in [0.05, 0.1) is 17.5 Å². The molecule has 5 nitrogen and oxygen atoms in total. The van der Waals surface area contributed by atoms with Gasteiger partial charge in [-0.3, -0.25) is 19.3 Å². The van der Waals surface area contributed by atoms with Crippen LogP contribution >= 0.6 is 15.9 Å². The van der Waals surface area contributed by atoms with Crippen molar-refractivity contribution >= 4 is 45.0 Å². The summed E-state index contributed by atoms with van der Waals surface area (Å²) in [7, 11) is 0. The van der Waals surface area contributed by atoms with Crippen LogP contribution in [0.5, 0.6) is 0 Å². The largest absolute Gasteiger partial charge is 0.322 e. The number of hydrogen-bond acceptors (Lipinski definition) is 3. The van der Waals surface area contributed by atoms with E-state index in [2.05, 4.69) is 21.2 Å². The van der Waals surface area contributed by atoms with Crippen molar-refractivity contribution in [3.8, 4) is 0 Å². The molecule has 2 aromatic rings. The number of allylic oxidation sites excluding steroid dienone is 2. The van der Waals surface area contributed by atoms with Crippen LogP contribution in [0.4, 0.5) is 11.4 Å². The van der Waals surface area contributed by atoms with Gasteiger partial charge in [-0.25, -0.2) is 0 Å². The summed E-state index contributed by atoms with van der Waals surface area (Å²) in [5, 5.41) is 2.82. The average molecular weight is 439 g/mol.